The fourth-order valence-electron chi connectivity index (χ4n) is 2.79. The summed E-state index contributed by atoms with van der Waals surface area (Å²) in [5, 5.41) is 9.09. The van der Waals surface area contributed by atoms with Gasteiger partial charge in [-0.2, -0.15) is 0 Å². The highest BCUT2D eigenvalue weighted by atomic mass is 16.5. The quantitative estimate of drug-likeness (QED) is 0.497. The molecule has 0 bridgehead atoms. The van der Waals surface area contributed by atoms with Gasteiger partial charge in [-0.15, -0.1) is 0 Å². The van der Waals surface area contributed by atoms with Gasteiger partial charge in [0.1, 0.15) is 25.3 Å². The van der Waals surface area contributed by atoms with Gasteiger partial charge in [0.15, 0.2) is 0 Å². The molecule has 0 aliphatic carbocycles. The molecule has 0 amide bonds. The van der Waals surface area contributed by atoms with E-state index in [1.807, 2.05) is 41.0 Å². The van der Waals surface area contributed by atoms with Gasteiger partial charge in [0.2, 0.25) is 5.88 Å². The molecule has 0 saturated heterocycles. The minimum Gasteiger partial charge on any atom is -0.490 e. The predicted octanol–water partition coefficient (Wildman–Crippen LogP) is 3.58. The molecule has 2 heterocycles. The molecule has 0 fully saturated rings. The monoisotopic (exact) mass is 375 g/mol. The van der Waals surface area contributed by atoms with Gasteiger partial charge in [0.05, 0.1) is 16.6 Å². The summed E-state index contributed by atoms with van der Waals surface area (Å²) in [6.45, 7) is 0.804. The fourth-order valence-corrected chi connectivity index (χ4v) is 2.79. The third kappa shape index (κ3) is 3.78. The van der Waals surface area contributed by atoms with Crippen LogP contribution in [0.15, 0.2) is 73.2 Å². The van der Waals surface area contributed by atoms with Gasteiger partial charge in [-0.05, 0) is 48.5 Å². The molecule has 0 saturated carbocycles. The zero-order chi connectivity index (χ0) is 19.3. The molecule has 0 atom stereocenters. The molecular weight excluding hydrogens is 358 g/mol. The normalized spacial score (nSPS) is 10.7. The average Bonchev–Trinajstić information content (AvgIpc) is 3.16. The zero-order valence-corrected chi connectivity index (χ0v) is 14.9. The first kappa shape index (κ1) is 17.5. The van der Waals surface area contributed by atoms with Gasteiger partial charge in [-0.3, -0.25) is 4.57 Å². The summed E-state index contributed by atoms with van der Waals surface area (Å²) in [5.74, 6) is 0.329. The van der Waals surface area contributed by atoms with E-state index in [9.17, 15) is 4.79 Å². The summed E-state index contributed by atoms with van der Waals surface area (Å²) in [6.07, 6.45) is 3.35. The maximum absolute atomic E-state index is 11.1. The molecule has 0 aliphatic heterocycles. The smallest absolute Gasteiger partial charge is 0.335 e. The number of carboxylic acid groups (broad SMARTS) is 1. The van der Waals surface area contributed by atoms with Gasteiger partial charge < -0.3 is 14.6 Å². The molecule has 140 valence electrons. The highest BCUT2D eigenvalue weighted by Crippen LogP contribution is 2.21. The van der Waals surface area contributed by atoms with Crippen LogP contribution in [0.2, 0.25) is 0 Å². The Hall–Kier alpha value is -3.87. The topological polar surface area (TPSA) is 86.5 Å². The zero-order valence-electron chi connectivity index (χ0n) is 14.9. The van der Waals surface area contributed by atoms with Crippen LogP contribution in [0.5, 0.6) is 11.6 Å². The van der Waals surface area contributed by atoms with E-state index in [0.717, 1.165) is 17.0 Å². The van der Waals surface area contributed by atoms with Crippen molar-refractivity contribution in [1.29, 1.82) is 0 Å². The largest absolute Gasteiger partial charge is 0.490 e. The lowest BCUT2D eigenvalue weighted by molar-refractivity contribution is 0.0697. The van der Waals surface area contributed by atoms with Crippen LogP contribution in [0.1, 0.15) is 10.4 Å². The van der Waals surface area contributed by atoms with Crippen molar-refractivity contribution in [1.82, 2.24) is 14.5 Å². The lowest BCUT2D eigenvalue weighted by Gasteiger charge is -2.09. The highest BCUT2D eigenvalue weighted by molar-refractivity contribution is 5.92. The number of carboxylic acids is 1. The Morgan fingerprint density at radius 2 is 1.79 bits per heavy atom. The molecule has 28 heavy (non-hydrogen) atoms. The number of aromatic carboxylic acids is 1. The Labute approximate surface area is 160 Å². The van der Waals surface area contributed by atoms with E-state index in [0.29, 0.717) is 24.6 Å². The van der Waals surface area contributed by atoms with Crippen LogP contribution in [0, 0.1) is 0 Å². The van der Waals surface area contributed by atoms with Crippen molar-refractivity contribution in [2.75, 3.05) is 13.2 Å². The number of benzene rings is 2. The number of ether oxygens (including phenoxy) is 2. The highest BCUT2D eigenvalue weighted by Gasteiger charge is 2.09. The lowest BCUT2D eigenvalue weighted by atomic mass is 10.2. The molecule has 7 nitrogen and oxygen atoms in total. The van der Waals surface area contributed by atoms with Crippen molar-refractivity contribution < 1.29 is 19.4 Å². The number of carbonyl (C=O) groups is 1. The molecule has 0 aliphatic rings. The molecule has 0 unspecified atom stereocenters. The van der Waals surface area contributed by atoms with E-state index in [2.05, 4.69) is 9.97 Å². The maximum atomic E-state index is 11.1. The van der Waals surface area contributed by atoms with E-state index in [-0.39, 0.29) is 5.56 Å². The summed E-state index contributed by atoms with van der Waals surface area (Å²) in [5.41, 5.74) is 2.59. The Kier molecular flexibility index (Phi) is 4.88. The second-order valence-electron chi connectivity index (χ2n) is 5.98. The minimum atomic E-state index is -0.968. The Morgan fingerprint density at radius 3 is 2.54 bits per heavy atom. The minimum absolute atomic E-state index is 0.217. The van der Waals surface area contributed by atoms with E-state index < -0.39 is 5.97 Å². The van der Waals surface area contributed by atoms with E-state index in [4.69, 9.17) is 14.6 Å². The van der Waals surface area contributed by atoms with E-state index in [1.54, 1.807) is 36.8 Å². The number of imidazole rings is 1. The third-order valence-electron chi connectivity index (χ3n) is 4.15. The Bertz CT molecular complexity index is 1090. The SMILES string of the molecule is O=C(O)c1ccc2c(c1)ncn2-c1ccc(OCCOc2ccccn2)cc1. The van der Waals surface area contributed by atoms with Crippen LogP contribution in [0.3, 0.4) is 0 Å². The molecule has 0 spiro atoms. The molecule has 2 aromatic carbocycles. The van der Waals surface area contributed by atoms with Gasteiger partial charge in [-0.25, -0.2) is 14.8 Å². The Morgan fingerprint density at radius 1 is 0.964 bits per heavy atom. The first-order valence-electron chi connectivity index (χ1n) is 8.68. The maximum Gasteiger partial charge on any atom is 0.335 e. The molecule has 2 aromatic heterocycles. The number of fused-ring (bicyclic) bond motifs is 1. The molecular formula is C21H17N3O4. The van der Waals surface area contributed by atoms with Crippen molar-refractivity contribution in [3.05, 3.63) is 78.8 Å². The number of nitrogens with zero attached hydrogens (tertiary/aromatic N) is 3. The molecule has 1 N–H and O–H groups in total. The number of hydrogen-bond acceptors (Lipinski definition) is 5. The predicted molar refractivity (Wildman–Crippen MR) is 103 cm³/mol. The van der Waals surface area contributed by atoms with Crippen LogP contribution in [-0.2, 0) is 0 Å². The van der Waals surface area contributed by atoms with Crippen LogP contribution in [-0.4, -0.2) is 38.8 Å². The van der Waals surface area contributed by atoms with Gasteiger partial charge in [-0.1, -0.05) is 6.07 Å². The van der Waals surface area contributed by atoms with Crippen molar-refractivity contribution in [3.63, 3.8) is 0 Å². The van der Waals surface area contributed by atoms with Gasteiger partial charge >= 0.3 is 5.97 Å². The van der Waals surface area contributed by atoms with E-state index in [1.165, 1.54) is 0 Å². The van der Waals surface area contributed by atoms with Gasteiger partial charge in [0.25, 0.3) is 0 Å². The summed E-state index contributed by atoms with van der Waals surface area (Å²) < 4.78 is 13.1. The summed E-state index contributed by atoms with van der Waals surface area (Å²) in [4.78, 5) is 19.5. The number of hydrogen-bond donors (Lipinski definition) is 1. The van der Waals surface area contributed by atoms with Crippen molar-refractivity contribution in [2.45, 2.75) is 0 Å². The third-order valence-corrected chi connectivity index (χ3v) is 4.15. The molecule has 7 heteroatoms. The van der Waals surface area contributed by atoms with E-state index >= 15 is 0 Å². The lowest BCUT2D eigenvalue weighted by Crippen LogP contribution is -2.09. The van der Waals surface area contributed by atoms with Crippen molar-refractivity contribution >= 4 is 17.0 Å². The van der Waals surface area contributed by atoms with Crippen molar-refractivity contribution in [3.8, 4) is 17.3 Å². The van der Waals surface area contributed by atoms with Crippen LogP contribution >= 0.6 is 0 Å². The van der Waals surface area contributed by atoms with Crippen LogP contribution in [0.25, 0.3) is 16.7 Å². The first-order chi connectivity index (χ1) is 13.7. The molecule has 0 radical (unpaired) electrons. The molecule has 4 rings (SSSR count). The molecule has 4 aromatic rings. The second kappa shape index (κ2) is 7.79. The summed E-state index contributed by atoms with van der Waals surface area (Å²) in [7, 11) is 0. The Balaban J connectivity index is 1.40. The van der Waals surface area contributed by atoms with Crippen LogP contribution < -0.4 is 9.47 Å². The average molecular weight is 375 g/mol. The van der Waals surface area contributed by atoms with Gasteiger partial charge in [0, 0.05) is 18.0 Å². The van der Waals surface area contributed by atoms with Crippen LogP contribution in [0.4, 0.5) is 0 Å². The standard InChI is InChI=1S/C21H17N3O4/c25-21(26)15-4-9-19-18(13-15)23-14-24(19)16-5-7-17(8-6-16)27-11-12-28-20-3-1-2-10-22-20/h1-10,13-14H,11-12H2,(H,25,26). The first-order valence-corrected chi connectivity index (χ1v) is 8.68. The summed E-state index contributed by atoms with van der Waals surface area (Å²) >= 11 is 0. The second-order valence-corrected chi connectivity index (χ2v) is 5.98. The number of aromatic nitrogens is 3. The van der Waals surface area contributed by atoms with Crippen molar-refractivity contribution in [2.24, 2.45) is 0 Å². The fraction of sp³-hybridized carbons (Fsp3) is 0.0952. The number of pyridine rings is 1. The number of rotatable bonds is 7. The summed E-state index contributed by atoms with van der Waals surface area (Å²) in [6, 6.07) is 18.0.